The van der Waals surface area contributed by atoms with Gasteiger partial charge in [-0.2, -0.15) is 24.4 Å². The topological polar surface area (TPSA) is 70.7 Å². The maximum atomic E-state index is 12.8. The van der Waals surface area contributed by atoms with Crippen molar-refractivity contribution in [2.75, 3.05) is 57.1 Å². The number of hydrogen-bond donors (Lipinski definition) is 3. The maximum absolute atomic E-state index is 12.8. The molecule has 0 saturated carbocycles. The number of ether oxygens (including phenoxy) is 1. The van der Waals surface area contributed by atoms with Crippen LogP contribution < -0.4 is 15.4 Å². The molecule has 0 atom stereocenters. The molecule has 0 saturated heterocycles. The van der Waals surface area contributed by atoms with Gasteiger partial charge in [0.15, 0.2) is 0 Å². The second-order valence-electron chi connectivity index (χ2n) is 6.22. The van der Waals surface area contributed by atoms with Crippen LogP contribution in [0.2, 0.25) is 0 Å². The molecular weight excluding hydrogens is 401 g/mol. The molecule has 0 aliphatic heterocycles. The first kappa shape index (κ1) is 24.6. The molecule has 0 bridgehead atoms. The lowest BCUT2D eigenvalue weighted by Crippen LogP contribution is -2.38. The molecule has 28 heavy (non-hydrogen) atoms. The van der Waals surface area contributed by atoms with Gasteiger partial charge in [0.05, 0.1) is 18.9 Å². The maximum Gasteiger partial charge on any atom is 0.239 e. The quantitative estimate of drug-likeness (QED) is 0.292. The molecule has 1 aromatic carbocycles. The molecule has 2 N–H and O–H groups in total. The van der Waals surface area contributed by atoms with Gasteiger partial charge in [0.2, 0.25) is 11.8 Å². The number of rotatable bonds is 15. The Kier molecular flexibility index (Phi) is 13.6. The van der Waals surface area contributed by atoms with Crippen LogP contribution in [0.4, 0.5) is 4.39 Å². The number of amides is 2. The highest BCUT2D eigenvalue weighted by Gasteiger charge is 2.05. The van der Waals surface area contributed by atoms with Gasteiger partial charge >= 0.3 is 0 Å². The highest BCUT2D eigenvalue weighted by atomic mass is 32.2. The fourth-order valence-corrected chi connectivity index (χ4v) is 3.21. The Bertz CT molecular complexity index is 576. The second-order valence-corrected chi connectivity index (χ2v) is 7.77. The molecule has 0 aromatic heterocycles. The summed E-state index contributed by atoms with van der Waals surface area (Å²) in [6.07, 6.45) is 1.68. The summed E-state index contributed by atoms with van der Waals surface area (Å²) in [5.74, 6) is 1.98. The summed E-state index contributed by atoms with van der Waals surface area (Å²) in [6, 6.07) is 5.99. The molecule has 1 rings (SSSR count). The molecule has 6 nitrogen and oxygen atoms in total. The van der Waals surface area contributed by atoms with Crippen molar-refractivity contribution in [2.24, 2.45) is 0 Å². The van der Waals surface area contributed by atoms with Crippen LogP contribution >= 0.6 is 24.4 Å². The Balaban J connectivity index is 1.97. The molecule has 9 heteroatoms. The van der Waals surface area contributed by atoms with Crippen molar-refractivity contribution in [1.29, 1.82) is 0 Å². The summed E-state index contributed by atoms with van der Waals surface area (Å²) >= 11 is 5.57. The van der Waals surface area contributed by atoms with Crippen molar-refractivity contribution in [3.63, 3.8) is 0 Å². The Morgan fingerprint density at radius 2 is 1.86 bits per heavy atom. The second kappa shape index (κ2) is 15.5. The number of benzene rings is 1. The van der Waals surface area contributed by atoms with Crippen molar-refractivity contribution in [3.05, 3.63) is 30.1 Å². The zero-order valence-electron chi connectivity index (χ0n) is 16.3. The Morgan fingerprint density at radius 3 is 2.57 bits per heavy atom. The van der Waals surface area contributed by atoms with E-state index in [9.17, 15) is 14.0 Å². The molecule has 2 amide bonds. The molecule has 1 aromatic rings. The minimum absolute atomic E-state index is 0.0107. The van der Waals surface area contributed by atoms with E-state index in [0.29, 0.717) is 24.7 Å². The Labute approximate surface area is 176 Å². The first-order valence-corrected chi connectivity index (χ1v) is 11.1. The van der Waals surface area contributed by atoms with Crippen LogP contribution in [0.15, 0.2) is 24.3 Å². The number of nitrogens with zero attached hydrogens (tertiary/aromatic N) is 1. The average molecular weight is 432 g/mol. The number of thioether (sulfide) groups is 1. The average Bonchev–Trinajstić information content (AvgIpc) is 2.68. The zero-order valence-corrected chi connectivity index (χ0v) is 18.0. The van der Waals surface area contributed by atoms with E-state index in [1.54, 1.807) is 12.1 Å². The predicted molar refractivity (Wildman–Crippen MR) is 116 cm³/mol. The summed E-state index contributed by atoms with van der Waals surface area (Å²) in [5.41, 5.74) is 0. The van der Waals surface area contributed by atoms with Gasteiger partial charge < -0.3 is 20.3 Å². The number of carbonyl (C=O) groups is 2. The van der Waals surface area contributed by atoms with Crippen LogP contribution in [-0.2, 0) is 9.59 Å². The van der Waals surface area contributed by atoms with Crippen LogP contribution in [0.3, 0.4) is 0 Å². The van der Waals surface area contributed by atoms with Crippen LogP contribution in [0.5, 0.6) is 5.75 Å². The summed E-state index contributed by atoms with van der Waals surface area (Å²) in [6.45, 7) is 2.87. The van der Waals surface area contributed by atoms with E-state index in [4.69, 9.17) is 4.74 Å². The minimum atomic E-state index is -0.273. The van der Waals surface area contributed by atoms with Gasteiger partial charge in [-0.3, -0.25) is 9.59 Å². The van der Waals surface area contributed by atoms with Crippen molar-refractivity contribution in [2.45, 2.75) is 12.8 Å². The largest absolute Gasteiger partial charge is 0.494 e. The predicted octanol–water partition coefficient (Wildman–Crippen LogP) is 1.81. The van der Waals surface area contributed by atoms with Crippen LogP contribution in [0.25, 0.3) is 0 Å². The van der Waals surface area contributed by atoms with Crippen molar-refractivity contribution in [3.8, 4) is 5.75 Å². The summed E-state index contributed by atoms with van der Waals surface area (Å²) in [7, 11) is 2.02. The lowest BCUT2D eigenvalue weighted by Gasteiger charge is -2.17. The number of hydrogen-bond acceptors (Lipinski definition) is 6. The highest BCUT2D eigenvalue weighted by Crippen LogP contribution is 2.11. The van der Waals surface area contributed by atoms with Crippen molar-refractivity contribution in [1.82, 2.24) is 15.5 Å². The van der Waals surface area contributed by atoms with E-state index in [1.807, 2.05) is 7.05 Å². The molecule has 0 fully saturated rings. The summed E-state index contributed by atoms with van der Waals surface area (Å²) in [5, 5.41) is 5.40. The van der Waals surface area contributed by atoms with Gasteiger partial charge in [0, 0.05) is 18.8 Å². The minimum Gasteiger partial charge on any atom is -0.494 e. The Morgan fingerprint density at radius 1 is 1.14 bits per heavy atom. The van der Waals surface area contributed by atoms with Gasteiger partial charge in [-0.15, -0.1) is 0 Å². The van der Waals surface area contributed by atoms with Gasteiger partial charge in [0.25, 0.3) is 0 Å². The zero-order chi connectivity index (χ0) is 20.6. The van der Waals surface area contributed by atoms with Crippen molar-refractivity contribution >= 4 is 36.2 Å². The third-order valence-electron chi connectivity index (χ3n) is 3.72. The Hall–Kier alpha value is -1.45. The van der Waals surface area contributed by atoms with E-state index in [2.05, 4.69) is 28.2 Å². The highest BCUT2D eigenvalue weighted by molar-refractivity contribution is 8.00. The molecule has 0 aliphatic rings. The van der Waals surface area contributed by atoms with Gasteiger partial charge in [0.1, 0.15) is 11.6 Å². The normalized spacial score (nSPS) is 10.7. The molecule has 158 valence electrons. The van der Waals surface area contributed by atoms with E-state index >= 15 is 0 Å². The lowest BCUT2D eigenvalue weighted by atomic mass is 10.3. The fourth-order valence-electron chi connectivity index (χ4n) is 2.27. The van der Waals surface area contributed by atoms with Gasteiger partial charge in [-0.25, -0.2) is 4.39 Å². The standard InChI is InChI=1S/C19H30FN3O3S2/c1-23(10-3-11-26-17-6-4-16(20)5-7-17)9-2-8-21-18(24)14-22-19(25)15-28-13-12-27/h4-7,27H,2-3,8-15H2,1H3,(H,21,24)(H,22,25). The van der Waals surface area contributed by atoms with E-state index in [0.717, 1.165) is 37.4 Å². The third kappa shape index (κ3) is 12.9. The summed E-state index contributed by atoms with van der Waals surface area (Å²) < 4.78 is 18.4. The van der Waals surface area contributed by atoms with E-state index < -0.39 is 0 Å². The van der Waals surface area contributed by atoms with Crippen molar-refractivity contribution < 1.29 is 18.7 Å². The van der Waals surface area contributed by atoms with Crippen LogP contribution in [0.1, 0.15) is 12.8 Å². The number of nitrogens with one attached hydrogen (secondary N) is 2. The first-order valence-electron chi connectivity index (χ1n) is 9.30. The molecule has 0 heterocycles. The van der Waals surface area contributed by atoms with Crippen LogP contribution in [0, 0.1) is 5.82 Å². The fraction of sp³-hybridized carbons (Fsp3) is 0.579. The number of thiol groups is 1. The molecule has 0 aliphatic carbocycles. The van der Waals surface area contributed by atoms with Gasteiger partial charge in [-0.05, 0) is 56.5 Å². The van der Waals surface area contributed by atoms with E-state index in [-0.39, 0.29) is 24.2 Å². The monoisotopic (exact) mass is 431 g/mol. The number of halogens is 1. The third-order valence-corrected chi connectivity index (χ3v) is 5.21. The smallest absolute Gasteiger partial charge is 0.239 e. The molecule has 0 unspecified atom stereocenters. The first-order chi connectivity index (χ1) is 13.5. The summed E-state index contributed by atoms with van der Waals surface area (Å²) in [4.78, 5) is 25.4. The van der Waals surface area contributed by atoms with E-state index in [1.165, 1.54) is 23.9 Å². The SMILES string of the molecule is CN(CCCNC(=O)CNC(=O)CSCCS)CCCOc1ccc(F)cc1. The van der Waals surface area contributed by atoms with Crippen LogP contribution in [-0.4, -0.2) is 73.8 Å². The number of carbonyl (C=O) groups excluding carboxylic acids is 2. The molecular formula is C19H30FN3O3S2. The lowest BCUT2D eigenvalue weighted by molar-refractivity contribution is -0.124. The van der Waals surface area contributed by atoms with Gasteiger partial charge in [-0.1, -0.05) is 0 Å². The molecule has 0 spiro atoms. The molecule has 0 radical (unpaired) electrons.